The average molecular weight is 382 g/mol. The van der Waals surface area contributed by atoms with E-state index in [0.29, 0.717) is 16.1 Å². The number of aryl methyl sites for hydroxylation is 1. The first kappa shape index (κ1) is 19.2. The molecule has 0 aliphatic heterocycles. The molecule has 0 aliphatic rings. The van der Waals surface area contributed by atoms with E-state index in [0.717, 1.165) is 11.3 Å². The van der Waals surface area contributed by atoms with Gasteiger partial charge in [-0.3, -0.25) is 14.2 Å². The van der Waals surface area contributed by atoms with Crippen molar-refractivity contribution in [2.45, 2.75) is 44.1 Å². The number of hydrogen-bond acceptors (Lipinski definition) is 4. The fraction of sp³-hybridized carbons (Fsp3) is 0.286. The van der Waals surface area contributed by atoms with Crippen LogP contribution in [-0.4, -0.2) is 20.7 Å². The van der Waals surface area contributed by atoms with E-state index in [2.05, 4.69) is 10.3 Å². The molecule has 0 aliphatic carbocycles. The minimum atomic E-state index is -0.399. The number of thioether (sulfide) groups is 1. The van der Waals surface area contributed by atoms with E-state index in [1.165, 1.54) is 11.8 Å². The van der Waals surface area contributed by atoms with Crippen molar-refractivity contribution in [3.8, 4) is 0 Å². The molecule has 1 N–H and O–H groups in total. The molecule has 0 radical (unpaired) electrons. The molecule has 5 nitrogen and oxygen atoms in total. The van der Waals surface area contributed by atoms with Crippen molar-refractivity contribution in [1.82, 2.24) is 9.55 Å². The van der Waals surface area contributed by atoms with E-state index in [-0.39, 0.29) is 17.5 Å². The maximum Gasteiger partial charge on any atom is 0.262 e. The third-order valence-corrected chi connectivity index (χ3v) is 5.30. The number of carbonyl (C=O) groups excluding carboxylic acids is 1. The van der Waals surface area contributed by atoms with E-state index in [1.807, 2.05) is 70.2 Å². The highest BCUT2D eigenvalue weighted by molar-refractivity contribution is 8.00. The smallest absolute Gasteiger partial charge is 0.262 e. The van der Waals surface area contributed by atoms with E-state index < -0.39 is 5.25 Å². The van der Waals surface area contributed by atoms with Crippen LogP contribution in [0, 0.1) is 6.92 Å². The third kappa shape index (κ3) is 4.22. The number of rotatable bonds is 5. The zero-order valence-corrected chi connectivity index (χ0v) is 16.7. The summed E-state index contributed by atoms with van der Waals surface area (Å²) in [5.74, 6) is -0.122. The number of fused-ring (bicyclic) bond motifs is 1. The Labute approximate surface area is 162 Å². The Bertz CT molecular complexity index is 1040. The van der Waals surface area contributed by atoms with E-state index >= 15 is 0 Å². The van der Waals surface area contributed by atoms with Crippen LogP contribution >= 0.6 is 11.8 Å². The van der Waals surface area contributed by atoms with Gasteiger partial charge in [0.25, 0.3) is 5.56 Å². The molecule has 0 bridgehead atoms. The number of carbonyl (C=O) groups is 1. The van der Waals surface area contributed by atoms with E-state index in [1.54, 1.807) is 10.6 Å². The predicted molar refractivity (Wildman–Crippen MR) is 112 cm³/mol. The average Bonchev–Trinajstić information content (AvgIpc) is 2.61. The van der Waals surface area contributed by atoms with Gasteiger partial charge in [-0.15, -0.1) is 0 Å². The summed E-state index contributed by atoms with van der Waals surface area (Å²) >= 11 is 1.30. The molecule has 0 saturated carbocycles. The molecule has 6 heteroatoms. The summed E-state index contributed by atoms with van der Waals surface area (Å²) in [7, 11) is 0. The molecule has 1 unspecified atom stereocenters. The molecule has 140 valence electrons. The van der Waals surface area contributed by atoms with Crippen LogP contribution in [0.2, 0.25) is 0 Å². The summed E-state index contributed by atoms with van der Waals surface area (Å²) in [5, 5.41) is 3.68. The second kappa shape index (κ2) is 7.96. The Morgan fingerprint density at radius 2 is 1.85 bits per heavy atom. The van der Waals surface area contributed by atoms with Crippen molar-refractivity contribution in [2.75, 3.05) is 5.32 Å². The number of nitrogens with one attached hydrogen (secondary N) is 1. The van der Waals surface area contributed by atoms with E-state index in [9.17, 15) is 9.59 Å². The number of benzene rings is 2. The minimum absolute atomic E-state index is 0.0517. The van der Waals surface area contributed by atoms with Gasteiger partial charge < -0.3 is 5.32 Å². The zero-order chi connectivity index (χ0) is 19.6. The van der Waals surface area contributed by atoms with Crippen molar-refractivity contribution < 1.29 is 4.79 Å². The van der Waals surface area contributed by atoms with Gasteiger partial charge in [0.2, 0.25) is 5.91 Å². The van der Waals surface area contributed by atoms with Crippen LogP contribution in [0.3, 0.4) is 0 Å². The molecule has 3 rings (SSSR count). The van der Waals surface area contributed by atoms with Crippen molar-refractivity contribution in [2.24, 2.45) is 0 Å². The monoisotopic (exact) mass is 381 g/mol. The number of nitrogens with zero attached hydrogens (tertiary/aromatic N) is 2. The molecule has 0 saturated heterocycles. The largest absolute Gasteiger partial charge is 0.325 e. The van der Waals surface area contributed by atoms with Gasteiger partial charge in [-0.05, 0) is 57.5 Å². The molecule has 1 aromatic heterocycles. The Balaban J connectivity index is 1.89. The van der Waals surface area contributed by atoms with Gasteiger partial charge >= 0.3 is 0 Å². The molecule has 1 amide bonds. The molecular weight excluding hydrogens is 358 g/mol. The second-order valence-electron chi connectivity index (χ2n) is 6.80. The first-order valence-corrected chi connectivity index (χ1v) is 9.80. The maximum absolute atomic E-state index is 12.9. The lowest BCUT2D eigenvalue weighted by Crippen LogP contribution is -2.28. The van der Waals surface area contributed by atoms with Gasteiger partial charge in [0.15, 0.2) is 5.16 Å². The predicted octanol–water partition coefficient (Wildman–Crippen LogP) is 4.41. The molecular formula is C21H23N3O2S. The number of amides is 1. The summed E-state index contributed by atoms with van der Waals surface area (Å²) in [6, 6.07) is 14.9. The van der Waals surface area contributed by atoms with E-state index in [4.69, 9.17) is 0 Å². The zero-order valence-electron chi connectivity index (χ0n) is 15.9. The Hall–Kier alpha value is -2.60. The summed E-state index contributed by atoms with van der Waals surface area (Å²) in [5.41, 5.74) is 2.41. The van der Waals surface area contributed by atoms with Crippen LogP contribution in [0.4, 0.5) is 5.69 Å². The second-order valence-corrected chi connectivity index (χ2v) is 8.11. The SMILES string of the molecule is Cc1cccc(NC(=O)C(C)Sc2nc3ccccc3c(=O)n2C(C)C)c1. The number of hydrogen-bond donors (Lipinski definition) is 1. The van der Waals surface area contributed by atoms with Crippen molar-refractivity contribution in [1.29, 1.82) is 0 Å². The number of aromatic nitrogens is 2. The number of anilines is 1. The first-order valence-electron chi connectivity index (χ1n) is 8.92. The molecule has 3 aromatic rings. The summed E-state index contributed by atoms with van der Waals surface area (Å²) in [4.78, 5) is 30.1. The van der Waals surface area contributed by atoms with Crippen LogP contribution in [0.5, 0.6) is 0 Å². The highest BCUT2D eigenvalue weighted by Gasteiger charge is 2.20. The number of para-hydroxylation sites is 1. The van der Waals surface area contributed by atoms with Gasteiger partial charge in [-0.1, -0.05) is 36.0 Å². The Morgan fingerprint density at radius 3 is 2.56 bits per heavy atom. The highest BCUT2D eigenvalue weighted by Crippen LogP contribution is 2.25. The normalized spacial score (nSPS) is 12.3. The van der Waals surface area contributed by atoms with Crippen molar-refractivity contribution in [3.05, 3.63) is 64.4 Å². The van der Waals surface area contributed by atoms with Crippen LogP contribution in [0.15, 0.2) is 58.5 Å². The van der Waals surface area contributed by atoms with Gasteiger partial charge in [-0.2, -0.15) is 0 Å². The molecule has 1 heterocycles. The molecule has 1 atom stereocenters. The van der Waals surface area contributed by atoms with Crippen LogP contribution in [-0.2, 0) is 4.79 Å². The fourth-order valence-electron chi connectivity index (χ4n) is 2.84. The van der Waals surface area contributed by atoms with Gasteiger partial charge in [-0.25, -0.2) is 4.98 Å². The molecule has 2 aromatic carbocycles. The Kier molecular flexibility index (Phi) is 5.65. The van der Waals surface area contributed by atoms with Gasteiger partial charge in [0, 0.05) is 11.7 Å². The van der Waals surface area contributed by atoms with Crippen LogP contribution in [0.1, 0.15) is 32.4 Å². The van der Waals surface area contributed by atoms with Crippen molar-refractivity contribution in [3.63, 3.8) is 0 Å². The topological polar surface area (TPSA) is 64.0 Å². The Morgan fingerprint density at radius 1 is 1.11 bits per heavy atom. The third-order valence-electron chi connectivity index (χ3n) is 4.23. The maximum atomic E-state index is 12.9. The first-order chi connectivity index (χ1) is 12.9. The van der Waals surface area contributed by atoms with Crippen molar-refractivity contribution >= 4 is 34.3 Å². The summed E-state index contributed by atoms with van der Waals surface area (Å²) in [6.45, 7) is 7.69. The summed E-state index contributed by atoms with van der Waals surface area (Å²) < 4.78 is 1.66. The lowest BCUT2D eigenvalue weighted by Gasteiger charge is -2.18. The fourth-order valence-corrected chi connectivity index (χ4v) is 3.88. The summed E-state index contributed by atoms with van der Waals surface area (Å²) in [6.07, 6.45) is 0. The minimum Gasteiger partial charge on any atom is -0.325 e. The van der Waals surface area contributed by atoms with Gasteiger partial charge in [0.1, 0.15) is 0 Å². The lowest BCUT2D eigenvalue weighted by atomic mass is 10.2. The molecule has 0 spiro atoms. The standard InChI is InChI=1S/C21H23N3O2S/c1-13(2)24-20(26)17-10-5-6-11-18(17)23-21(24)27-15(4)19(25)22-16-9-7-8-14(3)12-16/h5-13,15H,1-4H3,(H,22,25). The quantitative estimate of drug-likeness (QED) is 0.525. The lowest BCUT2D eigenvalue weighted by molar-refractivity contribution is -0.115. The van der Waals surface area contributed by atoms with Gasteiger partial charge in [0.05, 0.1) is 16.2 Å². The van der Waals surface area contributed by atoms with Crippen LogP contribution in [0.25, 0.3) is 10.9 Å². The highest BCUT2D eigenvalue weighted by atomic mass is 32.2. The molecule has 27 heavy (non-hydrogen) atoms. The molecule has 0 fully saturated rings. The van der Waals surface area contributed by atoms with Crippen LogP contribution < -0.4 is 10.9 Å².